The van der Waals surface area contributed by atoms with Crippen molar-refractivity contribution in [3.05, 3.63) is 52.3 Å². The summed E-state index contributed by atoms with van der Waals surface area (Å²) in [5, 5.41) is 11.7. The molecule has 2 bridgehead atoms. The summed E-state index contributed by atoms with van der Waals surface area (Å²) < 4.78 is 0.958. The molecule has 0 saturated heterocycles. The van der Waals surface area contributed by atoms with Gasteiger partial charge in [-0.25, -0.2) is 4.98 Å². The third-order valence-corrected chi connectivity index (χ3v) is 3.25. The van der Waals surface area contributed by atoms with Gasteiger partial charge in [-0.15, -0.1) is 0 Å². The van der Waals surface area contributed by atoms with E-state index in [1.807, 2.05) is 0 Å². The molecule has 3 heteroatoms. The van der Waals surface area contributed by atoms with Crippen molar-refractivity contribution >= 4 is 0 Å². The van der Waals surface area contributed by atoms with Gasteiger partial charge in [0.25, 0.3) is 0 Å². The quantitative estimate of drug-likeness (QED) is 0.364. The van der Waals surface area contributed by atoms with E-state index in [0.29, 0.717) is 0 Å². The molecule has 2 aliphatic carbocycles. The Morgan fingerprint density at radius 3 is 2.73 bits per heavy atom. The lowest BCUT2D eigenvalue weighted by atomic mass is 9.98. The molecule has 2 atom stereocenters. The normalized spacial score (nSPS) is 25.9. The van der Waals surface area contributed by atoms with Crippen LogP contribution in [0.1, 0.15) is 37.1 Å². The van der Waals surface area contributed by atoms with Crippen LogP contribution in [0.15, 0.2) is 35.7 Å². The van der Waals surface area contributed by atoms with E-state index in [4.69, 9.17) is 0 Å². The largest absolute Gasteiger partial charge is 0.618 e. The number of aromatic nitrogens is 2. The van der Waals surface area contributed by atoms with E-state index in [9.17, 15) is 5.21 Å². The molecular weight excluding hydrogens is 188 g/mol. The number of hydrogen-bond donors (Lipinski definition) is 0. The van der Waals surface area contributed by atoms with E-state index >= 15 is 0 Å². The molecule has 0 aliphatic heterocycles. The van der Waals surface area contributed by atoms with Crippen LogP contribution in [0.3, 0.4) is 0 Å². The van der Waals surface area contributed by atoms with Crippen molar-refractivity contribution in [3.8, 4) is 0 Å². The lowest BCUT2D eigenvalue weighted by Crippen LogP contribution is -2.33. The molecule has 1 aromatic heterocycles. The first-order valence-electron chi connectivity index (χ1n) is 5.13. The summed E-state index contributed by atoms with van der Waals surface area (Å²) in [7, 11) is 0. The van der Waals surface area contributed by atoms with E-state index < -0.39 is 0 Å². The Labute approximate surface area is 88.4 Å². The van der Waals surface area contributed by atoms with Gasteiger partial charge in [0.1, 0.15) is 5.69 Å². The van der Waals surface area contributed by atoms with E-state index in [2.05, 4.69) is 31.0 Å². The fourth-order valence-corrected chi connectivity index (χ4v) is 2.69. The summed E-state index contributed by atoms with van der Waals surface area (Å²) in [6.07, 6.45) is 7.34. The van der Waals surface area contributed by atoms with Crippen LogP contribution in [0.5, 0.6) is 0 Å². The van der Waals surface area contributed by atoms with Crippen LogP contribution in [0, 0.1) is 5.21 Å². The average molecular weight is 200 g/mol. The van der Waals surface area contributed by atoms with Gasteiger partial charge in [0.2, 0.25) is 5.69 Å². The van der Waals surface area contributed by atoms with Crippen LogP contribution in [-0.4, -0.2) is 4.98 Å². The number of allylic oxidation sites excluding steroid dienone is 4. The van der Waals surface area contributed by atoms with Crippen molar-refractivity contribution < 1.29 is 4.73 Å². The first-order valence-corrected chi connectivity index (χ1v) is 5.13. The van der Waals surface area contributed by atoms with Crippen molar-refractivity contribution in [2.75, 3.05) is 0 Å². The van der Waals surface area contributed by atoms with Gasteiger partial charge in [-0.2, -0.15) is 4.73 Å². The third kappa shape index (κ3) is 0.950. The molecule has 0 radical (unpaired) electrons. The number of rotatable bonds is 0. The lowest BCUT2D eigenvalue weighted by molar-refractivity contribution is -0.615. The summed E-state index contributed by atoms with van der Waals surface area (Å²) in [6, 6.07) is 0. The Morgan fingerprint density at radius 1 is 1.33 bits per heavy atom. The molecule has 1 heterocycles. The van der Waals surface area contributed by atoms with Gasteiger partial charge >= 0.3 is 0 Å². The molecule has 0 N–H and O–H groups in total. The fraction of sp³-hybridized carbons (Fsp3) is 0.333. The van der Waals surface area contributed by atoms with Crippen molar-refractivity contribution in [1.29, 1.82) is 0 Å². The maximum atomic E-state index is 11.7. The minimum Gasteiger partial charge on any atom is -0.618 e. The molecule has 0 fully saturated rings. The molecule has 0 aromatic carbocycles. The highest BCUT2D eigenvalue weighted by molar-refractivity contribution is 5.54. The van der Waals surface area contributed by atoms with Gasteiger partial charge in [-0.3, -0.25) is 0 Å². The summed E-state index contributed by atoms with van der Waals surface area (Å²) in [6.45, 7) is 4.20. The first-order chi connectivity index (χ1) is 7.20. The summed E-state index contributed by atoms with van der Waals surface area (Å²) in [5.41, 5.74) is 4.40. The zero-order valence-electron chi connectivity index (χ0n) is 8.77. The van der Waals surface area contributed by atoms with Crippen LogP contribution >= 0.6 is 0 Å². The molecule has 0 amide bonds. The SMILES string of the molecule is CC(C)=C1[C@H]2C=C[C@@H]1c1ncc[n+]([O-])c12. The highest BCUT2D eigenvalue weighted by atomic mass is 16.5. The molecule has 1 aromatic rings. The minimum atomic E-state index is 0.168. The van der Waals surface area contributed by atoms with Crippen LogP contribution in [0.4, 0.5) is 0 Å². The molecule has 3 nitrogen and oxygen atoms in total. The standard InChI is InChI=1S/C12H12N2O/c1-7(2)10-8-3-4-9(10)12-11(8)13-5-6-14(12)15/h3-6,8-9H,1-2H3/t8-,9+/m0/s1. The second kappa shape index (κ2) is 2.69. The molecule has 0 unspecified atom stereocenters. The fourth-order valence-electron chi connectivity index (χ4n) is 2.69. The predicted octanol–water partition coefficient (Wildman–Crippen LogP) is 1.80. The summed E-state index contributed by atoms with van der Waals surface area (Å²) in [4.78, 5) is 4.33. The highest BCUT2D eigenvalue weighted by Crippen LogP contribution is 2.51. The number of nitrogens with zero attached hydrogens (tertiary/aromatic N) is 2. The van der Waals surface area contributed by atoms with Crippen LogP contribution in [0.2, 0.25) is 0 Å². The Bertz CT molecular complexity index is 498. The molecule has 0 spiro atoms. The van der Waals surface area contributed by atoms with Gasteiger partial charge < -0.3 is 5.21 Å². The summed E-state index contributed by atoms with van der Waals surface area (Å²) in [5.74, 6) is 0.414. The van der Waals surface area contributed by atoms with E-state index in [1.54, 1.807) is 6.20 Å². The molecule has 76 valence electrons. The van der Waals surface area contributed by atoms with Crippen molar-refractivity contribution in [1.82, 2.24) is 4.98 Å². The number of hydrogen-bond acceptors (Lipinski definition) is 2. The zero-order chi connectivity index (χ0) is 10.6. The van der Waals surface area contributed by atoms with E-state index in [1.165, 1.54) is 17.3 Å². The van der Waals surface area contributed by atoms with Gasteiger partial charge in [0.05, 0.1) is 12.1 Å². The Balaban J connectivity index is 2.29. The zero-order valence-corrected chi connectivity index (χ0v) is 8.77. The smallest absolute Gasteiger partial charge is 0.226 e. The molecular formula is C12H12N2O. The van der Waals surface area contributed by atoms with Crippen molar-refractivity contribution in [2.45, 2.75) is 25.7 Å². The van der Waals surface area contributed by atoms with E-state index in [0.717, 1.165) is 16.1 Å². The number of fused-ring (bicyclic) bond motifs is 5. The summed E-state index contributed by atoms with van der Waals surface area (Å²) >= 11 is 0. The monoisotopic (exact) mass is 200 g/mol. The van der Waals surface area contributed by atoms with Crippen LogP contribution in [-0.2, 0) is 0 Å². The van der Waals surface area contributed by atoms with Gasteiger partial charge in [-0.05, 0) is 19.4 Å². The van der Waals surface area contributed by atoms with E-state index in [-0.39, 0.29) is 11.8 Å². The van der Waals surface area contributed by atoms with Gasteiger partial charge in [0.15, 0.2) is 6.20 Å². The van der Waals surface area contributed by atoms with Gasteiger partial charge in [-0.1, -0.05) is 17.7 Å². The second-order valence-electron chi connectivity index (χ2n) is 4.32. The highest BCUT2D eigenvalue weighted by Gasteiger charge is 2.44. The minimum absolute atomic E-state index is 0.168. The molecule has 0 saturated carbocycles. The Kier molecular flexibility index (Phi) is 1.55. The van der Waals surface area contributed by atoms with Gasteiger partial charge in [0, 0.05) is 5.92 Å². The third-order valence-electron chi connectivity index (χ3n) is 3.25. The Morgan fingerprint density at radius 2 is 2.07 bits per heavy atom. The molecule has 15 heavy (non-hydrogen) atoms. The maximum Gasteiger partial charge on any atom is 0.226 e. The topological polar surface area (TPSA) is 39.8 Å². The maximum absolute atomic E-state index is 11.7. The second-order valence-corrected chi connectivity index (χ2v) is 4.32. The van der Waals surface area contributed by atoms with Crippen LogP contribution in [0.25, 0.3) is 0 Å². The molecule has 2 aliphatic rings. The van der Waals surface area contributed by atoms with Crippen molar-refractivity contribution in [2.24, 2.45) is 0 Å². The predicted molar refractivity (Wildman–Crippen MR) is 56.2 cm³/mol. The van der Waals surface area contributed by atoms with Crippen LogP contribution < -0.4 is 4.73 Å². The first kappa shape index (κ1) is 8.65. The average Bonchev–Trinajstić information content (AvgIpc) is 2.73. The lowest BCUT2D eigenvalue weighted by Gasteiger charge is -2.07. The van der Waals surface area contributed by atoms with Crippen molar-refractivity contribution in [3.63, 3.8) is 0 Å². The Hall–Kier alpha value is -1.64. The molecule has 3 rings (SSSR count).